The van der Waals surface area contributed by atoms with Crippen LogP contribution in [0.15, 0.2) is 0 Å². The van der Waals surface area contributed by atoms with Crippen molar-refractivity contribution in [3.8, 4) is 0 Å². The maximum atomic E-state index is 11.6. The van der Waals surface area contributed by atoms with Crippen LogP contribution in [0.4, 0.5) is 0 Å². The van der Waals surface area contributed by atoms with E-state index in [2.05, 4.69) is 6.92 Å². The number of carbonyl (C=O) groups excluding carboxylic acids is 1. The molecule has 4 heteroatoms. The summed E-state index contributed by atoms with van der Waals surface area (Å²) in [5.74, 6) is -0.276. The Kier molecular flexibility index (Phi) is 17.3. The third kappa shape index (κ3) is 14.7. The number of ether oxygens (including phenoxy) is 2. The van der Waals surface area contributed by atoms with Gasteiger partial charge in [0.1, 0.15) is 0 Å². The van der Waals surface area contributed by atoms with Crippen LogP contribution < -0.4 is 5.73 Å². The van der Waals surface area contributed by atoms with Gasteiger partial charge in [0.15, 0.2) is 6.10 Å². The van der Waals surface area contributed by atoms with Gasteiger partial charge in [0.05, 0.1) is 13.7 Å². The van der Waals surface area contributed by atoms with Crippen molar-refractivity contribution in [3.63, 3.8) is 0 Å². The highest BCUT2D eigenvalue weighted by Crippen LogP contribution is 2.14. The molecule has 138 valence electrons. The second-order valence-electron chi connectivity index (χ2n) is 6.35. The third-order valence-corrected chi connectivity index (χ3v) is 4.22. The van der Waals surface area contributed by atoms with Gasteiger partial charge in [0.25, 0.3) is 0 Å². The molecular formula is C19H39NO3. The topological polar surface area (TPSA) is 61.5 Å². The fourth-order valence-electron chi connectivity index (χ4n) is 2.78. The van der Waals surface area contributed by atoms with Gasteiger partial charge in [0.2, 0.25) is 0 Å². The number of carbonyl (C=O) groups is 1. The number of nitrogens with two attached hydrogens (primary N) is 1. The lowest BCUT2D eigenvalue weighted by molar-refractivity contribution is -0.154. The first kappa shape index (κ1) is 22.4. The third-order valence-electron chi connectivity index (χ3n) is 4.22. The quantitative estimate of drug-likeness (QED) is 0.313. The summed E-state index contributed by atoms with van der Waals surface area (Å²) < 4.78 is 10.2. The van der Waals surface area contributed by atoms with Gasteiger partial charge in [-0.1, -0.05) is 84.0 Å². The molecule has 0 rings (SSSR count). The second-order valence-corrected chi connectivity index (χ2v) is 6.35. The molecule has 0 heterocycles. The summed E-state index contributed by atoms with van der Waals surface area (Å²) >= 11 is 0. The number of hydrogen-bond donors (Lipinski definition) is 1. The van der Waals surface area contributed by atoms with Crippen molar-refractivity contribution in [3.05, 3.63) is 0 Å². The summed E-state index contributed by atoms with van der Waals surface area (Å²) in [6.45, 7) is 3.11. The average Bonchev–Trinajstić information content (AvgIpc) is 2.57. The van der Waals surface area contributed by atoms with Crippen LogP contribution in [0.1, 0.15) is 90.4 Å². The van der Waals surface area contributed by atoms with E-state index >= 15 is 0 Å². The Morgan fingerprint density at radius 2 is 1.35 bits per heavy atom. The van der Waals surface area contributed by atoms with Crippen molar-refractivity contribution >= 4 is 5.97 Å². The van der Waals surface area contributed by atoms with E-state index in [1.807, 2.05) is 0 Å². The van der Waals surface area contributed by atoms with Gasteiger partial charge in [0, 0.05) is 6.54 Å². The molecule has 0 aliphatic carbocycles. The maximum Gasteiger partial charge on any atom is 0.334 e. The minimum absolute atomic E-state index is 0.276. The van der Waals surface area contributed by atoms with Crippen LogP contribution in [0.3, 0.4) is 0 Å². The molecule has 0 aliphatic rings. The highest BCUT2D eigenvalue weighted by molar-refractivity contribution is 5.74. The standard InChI is InChI=1S/C19H39NO3/c1-3-4-5-6-7-8-9-10-11-12-13-14-15-18(19(21)22-2)23-17-16-20/h18H,3-17,20H2,1-2H3. The van der Waals surface area contributed by atoms with Crippen molar-refractivity contribution < 1.29 is 14.3 Å². The lowest BCUT2D eigenvalue weighted by Crippen LogP contribution is -2.28. The Morgan fingerprint density at radius 3 is 1.78 bits per heavy atom. The monoisotopic (exact) mass is 329 g/mol. The van der Waals surface area contributed by atoms with Crippen molar-refractivity contribution in [1.29, 1.82) is 0 Å². The first-order valence-corrected chi connectivity index (χ1v) is 9.65. The largest absolute Gasteiger partial charge is 0.467 e. The fraction of sp³-hybridized carbons (Fsp3) is 0.947. The van der Waals surface area contributed by atoms with Gasteiger partial charge >= 0.3 is 5.97 Å². The zero-order valence-electron chi connectivity index (χ0n) is 15.5. The maximum absolute atomic E-state index is 11.6. The number of rotatable bonds is 17. The predicted octanol–water partition coefficient (Wildman–Crippen LogP) is 4.59. The highest BCUT2D eigenvalue weighted by Gasteiger charge is 2.18. The SMILES string of the molecule is CCCCCCCCCCCCCCC(OCCN)C(=O)OC. The van der Waals surface area contributed by atoms with Gasteiger partial charge in [-0.25, -0.2) is 4.79 Å². The summed E-state index contributed by atoms with van der Waals surface area (Å²) in [5, 5.41) is 0. The minimum Gasteiger partial charge on any atom is -0.467 e. The highest BCUT2D eigenvalue weighted by atomic mass is 16.6. The van der Waals surface area contributed by atoms with Crippen LogP contribution in [-0.4, -0.2) is 32.3 Å². The molecule has 0 fully saturated rings. The fourth-order valence-corrected chi connectivity index (χ4v) is 2.78. The van der Waals surface area contributed by atoms with Crippen molar-refractivity contribution in [2.45, 2.75) is 96.5 Å². The normalized spacial score (nSPS) is 12.3. The van der Waals surface area contributed by atoms with Crippen molar-refractivity contribution in [2.24, 2.45) is 5.73 Å². The molecule has 0 aliphatic heterocycles. The number of unbranched alkanes of at least 4 members (excludes halogenated alkanes) is 11. The van der Waals surface area contributed by atoms with E-state index in [1.54, 1.807) is 0 Å². The van der Waals surface area contributed by atoms with E-state index in [0.717, 1.165) is 19.3 Å². The molecule has 0 radical (unpaired) electrons. The van der Waals surface area contributed by atoms with Crippen molar-refractivity contribution in [1.82, 2.24) is 0 Å². The smallest absolute Gasteiger partial charge is 0.334 e. The van der Waals surface area contributed by atoms with E-state index in [1.165, 1.54) is 71.3 Å². The molecule has 1 unspecified atom stereocenters. The van der Waals surface area contributed by atoms with Gasteiger partial charge in [-0.2, -0.15) is 0 Å². The predicted molar refractivity (Wildman–Crippen MR) is 96.5 cm³/mol. The van der Waals surface area contributed by atoms with Gasteiger partial charge in [-0.15, -0.1) is 0 Å². The first-order chi connectivity index (χ1) is 11.3. The molecule has 1 atom stereocenters. The van der Waals surface area contributed by atoms with Gasteiger partial charge in [-0.05, 0) is 6.42 Å². The number of methoxy groups -OCH3 is 1. The van der Waals surface area contributed by atoms with Crippen LogP contribution in [0.5, 0.6) is 0 Å². The molecular weight excluding hydrogens is 290 g/mol. The molecule has 0 amide bonds. The van der Waals surface area contributed by atoms with Gasteiger partial charge in [-0.3, -0.25) is 0 Å². The van der Waals surface area contributed by atoms with Gasteiger partial charge < -0.3 is 15.2 Å². The Bertz CT molecular complexity index is 259. The molecule has 0 saturated carbocycles. The lowest BCUT2D eigenvalue weighted by Gasteiger charge is -2.14. The molecule has 23 heavy (non-hydrogen) atoms. The molecule has 0 aromatic rings. The van der Waals surface area contributed by atoms with Crippen LogP contribution in [0.2, 0.25) is 0 Å². The van der Waals surface area contributed by atoms with Crippen LogP contribution in [-0.2, 0) is 14.3 Å². The molecule has 0 aromatic carbocycles. The van der Waals surface area contributed by atoms with Crippen molar-refractivity contribution in [2.75, 3.05) is 20.3 Å². The second kappa shape index (κ2) is 17.7. The summed E-state index contributed by atoms with van der Waals surface area (Å²) in [7, 11) is 1.41. The summed E-state index contributed by atoms with van der Waals surface area (Å²) in [6.07, 6.45) is 16.1. The molecule has 0 saturated heterocycles. The molecule has 2 N–H and O–H groups in total. The molecule has 0 bridgehead atoms. The van der Waals surface area contributed by atoms with E-state index < -0.39 is 6.10 Å². The van der Waals surface area contributed by atoms with E-state index in [4.69, 9.17) is 15.2 Å². The molecule has 4 nitrogen and oxygen atoms in total. The Hall–Kier alpha value is -0.610. The zero-order valence-corrected chi connectivity index (χ0v) is 15.5. The van der Waals surface area contributed by atoms with E-state index in [0.29, 0.717) is 13.2 Å². The minimum atomic E-state index is -0.438. The Balaban J connectivity index is 3.40. The lowest BCUT2D eigenvalue weighted by atomic mass is 10.0. The Labute approximate surface area is 143 Å². The average molecular weight is 330 g/mol. The number of esters is 1. The molecule has 0 spiro atoms. The summed E-state index contributed by atoms with van der Waals surface area (Å²) in [5.41, 5.74) is 5.41. The first-order valence-electron chi connectivity index (χ1n) is 9.65. The number of hydrogen-bond acceptors (Lipinski definition) is 4. The van der Waals surface area contributed by atoms with Crippen LogP contribution in [0.25, 0.3) is 0 Å². The molecule has 0 aromatic heterocycles. The Morgan fingerprint density at radius 1 is 0.870 bits per heavy atom. The summed E-state index contributed by atoms with van der Waals surface area (Å²) in [4.78, 5) is 11.6. The zero-order chi connectivity index (χ0) is 17.2. The van der Waals surface area contributed by atoms with E-state index in [9.17, 15) is 4.79 Å². The van der Waals surface area contributed by atoms with Crippen LogP contribution >= 0.6 is 0 Å². The summed E-state index contributed by atoms with van der Waals surface area (Å²) in [6, 6.07) is 0. The van der Waals surface area contributed by atoms with E-state index in [-0.39, 0.29) is 5.97 Å². The van der Waals surface area contributed by atoms with Crippen LogP contribution in [0, 0.1) is 0 Å².